The van der Waals surface area contributed by atoms with E-state index in [2.05, 4.69) is 0 Å². The normalized spacial score (nSPS) is 16.3. The number of nitrogens with zero attached hydrogens (tertiary/aromatic N) is 1. The molecule has 1 fully saturated rings. The summed E-state index contributed by atoms with van der Waals surface area (Å²) in [7, 11) is -3.31. The summed E-state index contributed by atoms with van der Waals surface area (Å²) in [6, 6.07) is 13.9. The van der Waals surface area contributed by atoms with Crippen LogP contribution in [0.4, 0.5) is 0 Å². The predicted molar refractivity (Wildman–Crippen MR) is 78.0 cm³/mol. The van der Waals surface area contributed by atoms with Crippen molar-refractivity contribution in [1.29, 1.82) is 0 Å². The molecule has 1 aliphatic heterocycles. The number of hydrogen-bond acceptors (Lipinski definition) is 3. The molecule has 104 valence electrons. The number of ketones is 1. The number of carbonyl (C=O) groups excluding carboxylic acids is 1. The van der Waals surface area contributed by atoms with Gasteiger partial charge in [0.25, 0.3) is 0 Å². The molecule has 0 N–H and O–H groups in total. The molecule has 2 aromatic carbocycles. The highest BCUT2D eigenvalue weighted by molar-refractivity contribution is 7.89. The molecule has 0 bridgehead atoms. The van der Waals surface area contributed by atoms with E-state index < -0.39 is 10.0 Å². The van der Waals surface area contributed by atoms with E-state index in [-0.39, 0.29) is 24.6 Å². The maximum atomic E-state index is 12.0. The van der Waals surface area contributed by atoms with E-state index >= 15 is 0 Å². The quantitative estimate of drug-likeness (QED) is 0.859. The number of hydrogen-bond donors (Lipinski definition) is 0. The van der Waals surface area contributed by atoms with Gasteiger partial charge in [-0.1, -0.05) is 42.5 Å². The number of Topliss-reactive ketones (excluding diaryl/α,β-unsaturated/α-hetero) is 1. The lowest BCUT2D eigenvalue weighted by molar-refractivity contribution is -0.125. The van der Waals surface area contributed by atoms with Crippen LogP contribution >= 0.6 is 0 Å². The van der Waals surface area contributed by atoms with Crippen molar-refractivity contribution in [3.8, 4) is 0 Å². The Hall–Kier alpha value is -1.72. The molecule has 0 spiro atoms. The van der Waals surface area contributed by atoms with Crippen molar-refractivity contribution in [2.45, 2.75) is 6.42 Å². The molecule has 5 heteroatoms. The molecule has 0 atom stereocenters. The number of carbonyl (C=O) groups is 1. The molecule has 0 amide bonds. The fourth-order valence-electron chi connectivity index (χ4n) is 2.42. The fourth-order valence-corrected chi connectivity index (χ4v) is 3.84. The molecule has 1 saturated heterocycles. The van der Waals surface area contributed by atoms with Crippen molar-refractivity contribution in [2.24, 2.45) is 0 Å². The highest BCUT2D eigenvalue weighted by atomic mass is 32.2. The van der Waals surface area contributed by atoms with Crippen molar-refractivity contribution in [2.75, 3.05) is 18.8 Å². The van der Waals surface area contributed by atoms with Crippen LogP contribution in [0.15, 0.2) is 42.5 Å². The van der Waals surface area contributed by atoms with E-state index in [1.807, 2.05) is 42.5 Å². The summed E-state index contributed by atoms with van der Waals surface area (Å²) in [5.41, 5.74) is 1.03. The lowest BCUT2D eigenvalue weighted by Gasteiger charge is -2.28. The minimum absolute atomic E-state index is 0.0151. The summed E-state index contributed by atoms with van der Waals surface area (Å²) >= 11 is 0. The maximum Gasteiger partial charge on any atom is 0.215 e. The SMILES string of the molecule is O=C1CN(S(=O)(=O)CCc2cccc3ccccc23)C1. The van der Waals surface area contributed by atoms with Crippen LogP contribution in [0.5, 0.6) is 0 Å². The Bertz CT molecular complexity index is 754. The zero-order chi connectivity index (χ0) is 14.2. The summed E-state index contributed by atoms with van der Waals surface area (Å²) in [5, 5.41) is 2.20. The molecule has 0 saturated carbocycles. The summed E-state index contributed by atoms with van der Waals surface area (Å²) in [5.74, 6) is 0.0348. The highest BCUT2D eigenvalue weighted by Crippen LogP contribution is 2.20. The Kier molecular flexibility index (Phi) is 3.31. The van der Waals surface area contributed by atoms with Gasteiger partial charge in [0.15, 0.2) is 5.78 Å². The van der Waals surface area contributed by atoms with E-state index in [9.17, 15) is 13.2 Å². The molecule has 0 radical (unpaired) electrons. The lowest BCUT2D eigenvalue weighted by atomic mass is 10.0. The molecule has 0 aliphatic carbocycles. The van der Waals surface area contributed by atoms with Gasteiger partial charge in [0.1, 0.15) is 0 Å². The van der Waals surface area contributed by atoms with Crippen molar-refractivity contribution >= 4 is 26.6 Å². The van der Waals surface area contributed by atoms with Crippen LogP contribution in [0.3, 0.4) is 0 Å². The van der Waals surface area contributed by atoms with Gasteiger partial charge in [0.05, 0.1) is 18.8 Å². The molecule has 1 heterocycles. The van der Waals surface area contributed by atoms with Crippen molar-refractivity contribution in [3.05, 3.63) is 48.0 Å². The molecule has 4 nitrogen and oxygen atoms in total. The molecular weight excluding hydrogens is 274 g/mol. The van der Waals surface area contributed by atoms with Gasteiger partial charge in [-0.05, 0) is 22.8 Å². The van der Waals surface area contributed by atoms with Crippen molar-refractivity contribution in [3.63, 3.8) is 0 Å². The third-order valence-electron chi connectivity index (χ3n) is 3.61. The molecule has 20 heavy (non-hydrogen) atoms. The molecular formula is C15H15NO3S. The van der Waals surface area contributed by atoms with Gasteiger partial charge in [-0.25, -0.2) is 8.42 Å². The minimum atomic E-state index is -3.31. The maximum absolute atomic E-state index is 12.0. The van der Waals surface area contributed by atoms with Gasteiger partial charge in [-0.3, -0.25) is 4.79 Å². The molecule has 0 unspecified atom stereocenters. The van der Waals surface area contributed by atoms with Gasteiger partial charge in [0.2, 0.25) is 10.0 Å². The van der Waals surface area contributed by atoms with Crippen molar-refractivity contribution in [1.82, 2.24) is 4.31 Å². The Labute approximate surface area is 118 Å². The van der Waals surface area contributed by atoms with Crippen LogP contribution in [0.25, 0.3) is 10.8 Å². The number of aryl methyl sites for hydroxylation is 1. The van der Waals surface area contributed by atoms with Gasteiger partial charge in [-0.2, -0.15) is 4.31 Å². The van der Waals surface area contributed by atoms with Crippen LogP contribution in [-0.2, 0) is 21.2 Å². The minimum Gasteiger partial charge on any atom is -0.297 e. The average molecular weight is 289 g/mol. The van der Waals surface area contributed by atoms with Crippen LogP contribution in [0.1, 0.15) is 5.56 Å². The van der Waals surface area contributed by atoms with Crippen molar-refractivity contribution < 1.29 is 13.2 Å². The average Bonchev–Trinajstić information content (AvgIpc) is 2.41. The monoisotopic (exact) mass is 289 g/mol. The molecule has 0 aromatic heterocycles. The van der Waals surface area contributed by atoms with Gasteiger partial charge < -0.3 is 0 Å². The van der Waals surface area contributed by atoms with Crippen LogP contribution < -0.4 is 0 Å². The van der Waals surface area contributed by atoms with Gasteiger partial charge in [-0.15, -0.1) is 0 Å². The number of rotatable bonds is 4. The summed E-state index contributed by atoms with van der Waals surface area (Å²) in [6.45, 7) is 0.0791. The standard InChI is InChI=1S/C15H15NO3S/c17-14-10-16(11-14)20(18,19)9-8-13-6-3-5-12-4-1-2-7-15(12)13/h1-7H,8-11H2. The zero-order valence-corrected chi connectivity index (χ0v) is 11.8. The number of fused-ring (bicyclic) bond motifs is 1. The summed E-state index contributed by atoms with van der Waals surface area (Å²) in [6.07, 6.45) is 0.467. The first kappa shape index (κ1) is 13.3. The Balaban J connectivity index is 1.79. The summed E-state index contributed by atoms with van der Waals surface area (Å²) in [4.78, 5) is 10.9. The Morgan fingerprint density at radius 1 is 1.00 bits per heavy atom. The lowest BCUT2D eigenvalue weighted by Crippen LogP contribution is -2.51. The Morgan fingerprint density at radius 2 is 1.70 bits per heavy atom. The van der Waals surface area contributed by atoms with E-state index in [1.165, 1.54) is 4.31 Å². The van der Waals surface area contributed by atoms with Crippen LogP contribution in [-0.4, -0.2) is 37.3 Å². The molecule has 1 aliphatic rings. The van der Waals surface area contributed by atoms with Gasteiger partial charge >= 0.3 is 0 Å². The highest BCUT2D eigenvalue weighted by Gasteiger charge is 2.33. The molecule has 2 aromatic rings. The van der Waals surface area contributed by atoms with E-state index in [1.54, 1.807) is 0 Å². The zero-order valence-electron chi connectivity index (χ0n) is 11.0. The second-order valence-corrected chi connectivity index (χ2v) is 7.10. The first-order valence-corrected chi connectivity index (χ1v) is 8.13. The third kappa shape index (κ3) is 2.46. The number of sulfonamides is 1. The number of benzene rings is 2. The van der Waals surface area contributed by atoms with E-state index in [4.69, 9.17) is 0 Å². The first-order valence-electron chi connectivity index (χ1n) is 6.52. The fraction of sp³-hybridized carbons (Fsp3) is 0.267. The first-order chi connectivity index (χ1) is 9.56. The third-order valence-corrected chi connectivity index (χ3v) is 5.37. The smallest absolute Gasteiger partial charge is 0.215 e. The van der Waals surface area contributed by atoms with Gasteiger partial charge in [0, 0.05) is 0 Å². The second-order valence-electron chi connectivity index (χ2n) is 5.01. The van der Waals surface area contributed by atoms with Crippen LogP contribution in [0, 0.1) is 0 Å². The topological polar surface area (TPSA) is 54.5 Å². The van der Waals surface area contributed by atoms with E-state index in [0.29, 0.717) is 6.42 Å². The van der Waals surface area contributed by atoms with Crippen LogP contribution in [0.2, 0.25) is 0 Å². The van der Waals surface area contributed by atoms with E-state index in [0.717, 1.165) is 16.3 Å². The summed E-state index contributed by atoms with van der Waals surface area (Å²) < 4.78 is 25.3. The molecule has 3 rings (SSSR count). The largest absolute Gasteiger partial charge is 0.297 e. The Morgan fingerprint density at radius 3 is 2.45 bits per heavy atom. The second kappa shape index (κ2) is 5.00. The predicted octanol–water partition coefficient (Wildman–Crippen LogP) is 1.60.